The van der Waals surface area contributed by atoms with Crippen LogP contribution in [0.1, 0.15) is 36.8 Å². The maximum atomic E-state index is 9.49. The second-order valence-electron chi connectivity index (χ2n) is 7.25. The lowest BCUT2D eigenvalue weighted by atomic mass is 9.81. The van der Waals surface area contributed by atoms with Gasteiger partial charge < -0.3 is 24.1 Å². The smallest absolute Gasteiger partial charge is 0.188 e. The predicted molar refractivity (Wildman–Crippen MR) is 113 cm³/mol. The van der Waals surface area contributed by atoms with Gasteiger partial charge in [-0.15, -0.1) is 0 Å². The second kappa shape index (κ2) is 11.0. The van der Waals surface area contributed by atoms with Crippen LogP contribution in [0, 0.1) is 5.92 Å². The molecule has 0 aliphatic heterocycles. The van der Waals surface area contributed by atoms with E-state index in [-0.39, 0.29) is 20.2 Å². The van der Waals surface area contributed by atoms with E-state index in [1.165, 1.54) is 11.1 Å². The number of aliphatic hydroxyl groups excluding tert-OH is 1. The number of allylic oxidation sites excluding steroid dienone is 1. The van der Waals surface area contributed by atoms with E-state index in [0.29, 0.717) is 5.92 Å². The summed E-state index contributed by atoms with van der Waals surface area (Å²) in [6, 6.07) is 16.3. The molecule has 0 spiro atoms. The Bertz CT molecular complexity index is 716. The third kappa shape index (κ3) is 5.82. The standard InChI is InChI=1S/C24H30O5/c1-26-16-28-22-11-7-20(8-12-22)24(19-5-3-18(15-25)4-6-19)21-9-13-23(14-10-21)29-17-27-2/h7-14,18,25H,3-6,15-17H2,1-2H3. The number of methoxy groups -OCH3 is 2. The summed E-state index contributed by atoms with van der Waals surface area (Å²) < 4.78 is 21.0. The third-order valence-corrected chi connectivity index (χ3v) is 5.29. The molecule has 1 N–H and O–H groups in total. The molecular weight excluding hydrogens is 368 g/mol. The van der Waals surface area contributed by atoms with Crippen LogP contribution in [0.4, 0.5) is 0 Å². The molecule has 1 aliphatic carbocycles. The monoisotopic (exact) mass is 398 g/mol. The highest BCUT2D eigenvalue weighted by atomic mass is 16.7. The van der Waals surface area contributed by atoms with Crippen LogP contribution in [0.25, 0.3) is 5.57 Å². The van der Waals surface area contributed by atoms with Gasteiger partial charge in [0, 0.05) is 20.8 Å². The Hall–Kier alpha value is -2.34. The SMILES string of the molecule is COCOc1ccc(C(=C2CCC(CO)CC2)c2ccc(OCOC)cc2)cc1. The Morgan fingerprint density at radius 3 is 1.62 bits per heavy atom. The molecule has 0 aromatic heterocycles. The molecular formula is C24H30O5. The summed E-state index contributed by atoms with van der Waals surface area (Å²) in [4.78, 5) is 0. The normalized spacial score (nSPS) is 16.5. The molecule has 5 heteroatoms. The van der Waals surface area contributed by atoms with Crippen molar-refractivity contribution in [2.24, 2.45) is 5.92 Å². The fraction of sp³-hybridized carbons (Fsp3) is 0.417. The van der Waals surface area contributed by atoms with Crippen LogP contribution in [-0.4, -0.2) is 39.5 Å². The first-order valence-corrected chi connectivity index (χ1v) is 10.0. The van der Waals surface area contributed by atoms with Crippen molar-refractivity contribution in [1.29, 1.82) is 0 Å². The van der Waals surface area contributed by atoms with E-state index in [9.17, 15) is 5.11 Å². The van der Waals surface area contributed by atoms with Crippen molar-refractivity contribution in [2.45, 2.75) is 25.7 Å². The topological polar surface area (TPSA) is 57.2 Å². The Kier molecular flexibility index (Phi) is 8.11. The molecule has 5 nitrogen and oxygen atoms in total. The van der Waals surface area contributed by atoms with Crippen molar-refractivity contribution in [3.05, 3.63) is 65.2 Å². The molecule has 2 aromatic rings. The number of benzene rings is 2. The lowest BCUT2D eigenvalue weighted by Gasteiger charge is -2.25. The molecule has 156 valence electrons. The Balaban J connectivity index is 1.90. The first kappa shape index (κ1) is 21.4. The van der Waals surface area contributed by atoms with Gasteiger partial charge in [0.1, 0.15) is 11.5 Å². The summed E-state index contributed by atoms with van der Waals surface area (Å²) >= 11 is 0. The highest BCUT2D eigenvalue weighted by Crippen LogP contribution is 2.37. The van der Waals surface area contributed by atoms with E-state index in [1.807, 2.05) is 24.3 Å². The maximum Gasteiger partial charge on any atom is 0.188 e. The van der Waals surface area contributed by atoms with Gasteiger partial charge in [-0.05, 0) is 72.6 Å². The van der Waals surface area contributed by atoms with Crippen molar-refractivity contribution < 1.29 is 24.1 Å². The lowest BCUT2D eigenvalue weighted by molar-refractivity contribution is 0.0509. The van der Waals surface area contributed by atoms with Gasteiger partial charge in [-0.25, -0.2) is 0 Å². The van der Waals surface area contributed by atoms with Crippen LogP contribution in [0.15, 0.2) is 54.1 Å². The van der Waals surface area contributed by atoms with Crippen molar-refractivity contribution in [3.8, 4) is 11.5 Å². The third-order valence-electron chi connectivity index (χ3n) is 5.29. The summed E-state index contributed by atoms with van der Waals surface area (Å²) in [5.41, 5.74) is 5.03. The van der Waals surface area contributed by atoms with Gasteiger partial charge in [-0.3, -0.25) is 0 Å². The number of rotatable bonds is 9. The molecule has 0 unspecified atom stereocenters. The summed E-state index contributed by atoms with van der Waals surface area (Å²) in [6.45, 7) is 0.747. The molecule has 1 aliphatic rings. The van der Waals surface area contributed by atoms with Gasteiger partial charge in [-0.2, -0.15) is 0 Å². The molecule has 2 aromatic carbocycles. The van der Waals surface area contributed by atoms with Crippen LogP contribution in [0.5, 0.6) is 11.5 Å². The van der Waals surface area contributed by atoms with Crippen molar-refractivity contribution in [2.75, 3.05) is 34.4 Å². The Morgan fingerprint density at radius 1 is 0.793 bits per heavy atom. The summed E-state index contributed by atoms with van der Waals surface area (Å²) in [7, 11) is 3.22. The fourth-order valence-electron chi connectivity index (χ4n) is 3.72. The lowest BCUT2D eigenvalue weighted by Crippen LogP contribution is -2.13. The van der Waals surface area contributed by atoms with Gasteiger partial charge in [-0.1, -0.05) is 29.8 Å². The van der Waals surface area contributed by atoms with Gasteiger partial charge in [0.2, 0.25) is 0 Å². The number of aliphatic hydroxyl groups is 1. The van der Waals surface area contributed by atoms with E-state index >= 15 is 0 Å². The minimum Gasteiger partial charge on any atom is -0.468 e. The first-order chi connectivity index (χ1) is 14.2. The Morgan fingerprint density at radius 2 is 1.24 bits per heavy atom. The van der Waals surface area contributed by atoms with Crippen LogP contribution < -0.4 is 9.47 Å². The van der Waals surface area contributed by atoms with E-state index in [0.717, 1.165) is 48.3 Å². The fourth-order valence-corrected chi connectivity index (χ4v) is 3.72. The Labute approximate surface area is 172 Å². The molecule has 0 atom stereocenters. The maximum absolute atomic E-state index is 9.49. The van der Waals surface area contributed by atoms with Crippen molar-refractivity contribution in [1.82, 2.24) is 0 Å². The highest BCUT2D eigenvalue weighted by molar-refractivity contribution is 5.82. The van der Waals surface area contributed by atoms with E-state index in [1.54, 1.807) is 14.2 Å². The van der Waals surface area contributed by atoms with E-state index in [4.69, 9.17) is 18.9 Å². The molecule has 0 saturated heterocycles. The molecule has 0 radical (unpaired) electrons. The van der Waals surface area contributed by atoms with Gasteiger partial charge in [0.25, 0.3) is 0 Å². The molecule has 3 rings (SSSR count). The van der Waals surface area contributed by atoms with E-state index in [2.05, 4.69) is 24.3 Å². The molecule has 0 heterocycles. The van der Waals surface area contributed by atoms with Crippen LogP contribution >= 0.6 is 0 Å². The number of ether oxygens (including phenoxy) is 4. The zero-order valence-corrected chi connectivity index (χ0v) is 17.2. The predicted octanol–water partition coefficient (Wildman–Crippen LogP) is 4.64. The average Bonchev–Trinajstić information content (AvgIpc) is 2.78. The molecule has 29 heavy (non-hydrogen) atoms. The van der Waals surface area contributed by atoms with Crippen LogP contribution in [0.3, 0.4) is 0 Å². The minimum atomic E-state index is 0.235. The zero-order chi connectivity index (χ0) is 20.5. The highest BCUT2D eigenvalue weighted by Gasteiger charge is 2.20. The largest absolute Gasteiger partial charge is 0.468 e. The molecule has 0 amide bonds. The number of hydrogen-bond donors (Lipinski definition) is 1. The average molecular weight is 398 g/mol. The van der Waals surface area contributed by atoms with Gasteiger partial charge in [0.15, 0.2) is 13.6 Å². The van der Waals surface area contributed by atoms with Crippen LogP contribution in [-0.2, 0) is 9.47 Å². The first-order valence-electron chi connectivity index (χ1n) is 10.0. The molecule has 0 bridgehead atoms. The second-order valence-corrected chi connectivity index (χ2v) is 7.25. The molecule has 1 saturated carbocycles. The van der Waals surface area contributed by atoms with E-state index < -0.39 is 0 Å². The number of hydrogen-bond acceptors (Lipinski definition) is 5. The zero-order valence-electron chi connectivity index (χ0n) is 17.2. The van der Waals surface area contributed by atoms with Crippen LogP contribution in [0.2, 0.25) is 0 Å². The summed E-state index contributed by atoms with van der Waals surface area (Å²) in [6.07, 6.45) is 4.06. The van der Waals surface area contributed by atoms with Gasteiger partial charge >= 0.3 is 0 Å². The van der Waals surface area contributed by atoms with Crippen molar-refractivity contribution >= 4 is 5.57 Å². The minimum absolute atomic E-state index is 0.235. The summed E-state index contributed by atoms with van der Waals surface area (Å²) in [5.74, 6) is 1.98. The van der Waals surface area contributed by atoms with Crippen molar-refractivity contribution in [3.63, 3.8) is 0 Å². The molecule has 1 fully saturated rings. The van der Waals surface area contributed by atoms with Gasteiger partial charge in [0.05, 0.1) is 0 Å². The quantitative estimate of drug-likeness (QED) is 0.624. The summed E-state index contributed by atoms with van der Waals surface area (Å²) in [5, 5.41) is 9.49.